The summed E-state index contributed by atoms with van der Waals surface area (Å²) < 4.78 is 5.58. The molecule has 1 heterocycles. The Morgan fingerprint density at radius 2 is 1.41 bits per heavy atom. The number of rotatable bonds is 12. The minimum absolute atomic E-state index is 0.0230. The van der Waals surface area contributed by atoms with Crippen LogP contribution in [0.5, 0.6) is 5.75 Å². The van der Waals surface area contributed by atoms with E-state index in [4.69, 9.17) is 9.72 Å². The van der Waals surface area contributed by atoms with Crippen molar-refractivity contribution in [3.8, 4) is 17.0 Å². The molecule has 4 aromatic rings. The van der Waals surface area contributed by atoms with Crippen LogP contribution in [0.2, 0.25) is 0 Å². The Hall–Kier alpha value is -3.11. The highest BCUT2D eigenvalue weighted by atomic mass is 32.1. The van der Waals surface area contributed by atoms with Gasteiger partial charge in [-0.15, -0.1) is 11.3 Å². The fraction of sp³-hybridized carbons (Fsp3) is 0.364. The fourth-order valence-corrected chi connectivity index (χ4v) is 5.15. The Balaban J connectivity index is 0.00000186. The van der Waals surface area contributed by atoms with E-state index in [-0.39, 0.29) is 6.04 Å². The lowest BCUT2D eigenvalue weighted by molar-refractivity contribution is 0.416. The summed E-state index contributed by atoms with van der Waals surface area (Å²) in [6.45, 7) is 8.48. The van der Waals surface area contributed by atoms with E-state index in [9.17, 15) is 0 Å². The van der Waals surface area contributed by atoms with Gasteiger partial charge in [0.2, 0.25) is 0 Å². The molecule has 196 valence electrons. The van der Waals surface area contributed by atoms with Crippen LogP contribution in [0.4, 0.5) is 5.69 Å². The van der Waals surface area contributed by atoms with E-state index in [1.165, 1.54) is 42.4 Å². The lowest BCUT2D eigenvalue weighted by atomic mass is 10.0. The molecular weight excluding hydrogens is 472 g/mol. The number of unbranched alkanes of at least 4 members (excludes halogenated alkanes) is 2. The standard InChI is InChI=1S/C31H36N2OS.C2H6/c1-4-6-10-23-14-18-25(19-15-23)30(32-26-20-16-24(17-21-26)11-7-5-2)31-33-28(22-35-31)27-12-8-9-13-29(27)34-3;1-2/h8-9,12-22,30,32H,4-7,10-11H2,1-3H3;1-2H3. The first kappa shape index (κ1) is 28.5. The molecule has 1 unspecified atom stereocenters. The number of aromatic nitrogens is 1. The first-order valence-corrected chi connectivity index (χ1v) is 14.6. The van der Waals surface area contributed by atoms with Gasteiger partial charge in [0.1, 0.15) is 16.8 Å². The van der Waals surface area contributed by atoms with Crippen LogP contribution < -0.4 is 10.1 Å². The van der Waals surface area contributed by atoms with E-state index in [1.807, 2.05) is 32.0 Å². The molecule has 0 saturated heterocycles. The SMILES string of the molecule is CC.CCCCc1ccc(NC(c2ccc(CCCC)cc2)c2nc(-c3ccccc3OC)cs2)cc1. The highest BCUT2D eigenvalue weighted by Crippen LogP contribution is 2.35. The molecule has 0 fully saturated rings. The molecule has 0 aliphatic heterocycles. The Morgan fingerprint density at radius 1 is 0.811 bits per heavy atom. The van der Waals surface area contributed by atoms with E-state index in [1.54, 1.807) is 18.4 Å². The Bertz CT molecular complexity index is 1180. The number of ether oxygens (including phenoxy) is 1. The number of nitrogens with one attached hydrogen (secondary N) is 1. The average Bonchev–Trinajstić information content (AvgIpc) is 3.45. The van der Waals surface area contributed by atoms with Gasteiger partial charge in [0, 0.05) is 16.6 Å². The first-order valence-electron chi connectivity index (χ1n) is 13.7. The summed E-state index contributed by atoms with van der Waals surface area (Å²) in [6, 6.07) is 26.0. The van der Waals surface area contributed by atoms with Gasteiger partial charge in [-0.05, 0) is 66.6 Å². The number of aryl methyl sites for hydroxylation is 2. The molecule has 37 heavy (non-hydrogen) atoms. The van der Waals surface area contributed by atoms with Crippen molar-refractivity contribution in [3.05, 3.63) is 99.9 Å². The minimum Gasteiger partial charge on any atom is -0.496 e. The first-order chi connectivity index (χ1) is 18.2. The van der Waals surface area contributed by atoms with Crippen LogP contribution in [-0.4, -0.2) is 12.1 Å². The van der Waals surface area contributed by atoms with Gasteiger partial charge in [-0.25, -0.2) is 4.98 Å². The van der Waals surface area contributed by atoms with Crippen LogP contribution in [0, 0.1) is 0 Å². The molecule has 0 amide bonds. The van der Waals surface area contributed by atoms with E-state index in [0.717, 1.165) is 40.5 Å². The number of thiazole rings is 1. The van der Waals surface area contributed by atoms with Crippen LogP contribution in [0.15, 0.2) is 78.2 Å². The lowest BCUT2D eigenvalue weighted by Crippen LogP contribution is -2.12. The number of anilines is 1. The predicted molar refractivity (Wildman–Crippen MR) is 161 cm³/mol. The molecule has 0 aliphatic carbocycles. The molecule has 1 atom stereocenters. The maximum Gasteiger partial charge on any atom is 0.128 e. The maximum atomic E-state index is 5.58. The van der Waals surface area contributed by atoms with E-state index < -0.39 is 0 Å². The third-order valence-electron chi connectivity index (χ3n) is 6.37. The number of para-hydroxylation sites is 1. The highest BCUT2D eigenvalue weighted by molar-refractivity contribution is 7.10. The van der Waals surface area contributed by atoms with Crippen LogP contribution in [-0.2, 0) is 12.8 Å². The smallest absolute Gasteiger partial charge is 0.128 e. The van der Waals surface area contributed by atoms with Crippen molar-refractivity contribution < 1.29 is 4.74 Å². The Morgan fingerprint density at radius 3 is 2.00 bits per heavy atom. The zero-order valence-corrected chi connectivity index (χ0v) is 23.9. The summed E-state index contributed by atoms with van der Waals surface area (Å²) in [6.07, 6.45) is 7.14. The normalized spacial score (nSPS) is 11.4. The summed E-state index contributed by atoms with van der Waals surface area (Å²) in [7, 11) is 1.71. The molecule has 3 nitrogen and oxygen atoms in total. The maximum absolute atomic E-state index is 5.58. The molecule has 4 rings (SSSR count). The molecule has 0 spiro atoms. The largest absolute Gasteiger partial charge is 0.496 e. The molecular formula is C33H42N2OS. The molecule has 0 bridgehead atoms. The van der Waals surface area contributed by atoms with Crippen molar-refractivity contribution in [2.45, 2.75) is 72.3 Å². The van der Waals surface area contributed by atoms with Crippen molar-refractivity contribution in [1.82, 2.24) is 4.98 Å². The molecule has 1 N–H and O–H groups in total. The highest BCUT2D eigenvalue weighted by Gasteiger charge is 2.20. The zero-order chi connectivity index (χ0) is 26.5. The van der Waals surface area contributed by atoms with Crippen LogP contribution in [0.3, 0.4) is 0 Å². The van der Waals surface area contributed by atoms with Crippen molar-refractivity contribution in [3.63, 3.8) is 0 Å². The van der Waals surface area contributed by atoms with Crippen LogP contribution in [0.1, 0.15) is 81.1 Å². The van der Waals surface area contributed by atoms with Gasteiger partial charge in [0.05, 0.1) is 12.8 Å². The molecule has 0 radical (unpaired) electrons. The quantitative estimate of drug-likeness (QED) is 0.204. The molecule has 0 saturated carbocycles. The van der Waals surface area contributed by atoms with Crippen molar-refractivity contribution >= 4 is 17.0 Å². The topological polar surface area (TPSA) is 34.2 Å². The van der Waals surface area contributed by atoms with Gasteiger partial charge in [-0.2, -0.15) is 0 Å². The van der Waals surface area contributed by atoms with Crippen LogP contribution in [0.25, 0.3) is 11.3 Å². The van der Waals surface area contributed by atoms with Gasteiger partial charge in [0.15, 0.2) is 0 Å². The minimum atomic E-state index is -0.0230. The number of nitrogens with zero attached hydrogens (tertiary/aromatic N) is 1. The predicted octanol–water partition coefficient (Wildman–Crippen LogP) is 9.73. The van der Waals surface area contributed by atoms with Gasteiger partial charge < -0.3 is 10.1 Å². The monoisotopic (exact) mass is 514 g/mol. The van der Waals surface area contributed by atoms with E-state index >= 15 is 0 Å². The number of hydrogen-bond donors (Lipinski definition) is 1. The summed E-state index contributed by atoms with van der Waals surface area (Å²) in [5, 5.41) is 6.94. The zero-order valence-electron chi connectivity index (χ0n) is 23.1. The van der Waals surface area contributed by atoms with Crippen molar-refractivity contribution in [1.29, 1.82) is 0 Å². The summed E-state index contributed by atoms with van der Waals surface area (Å²) in [5.74, 6) is 0.844. The van der Waals surface area contributed by atoms with Crippen LogP contribution >= 0.6 is 11.3 Å². The molecule has 4 heteroatoms. The summed E-state index contributed by atoms with van der Waals surface area (Å²) in [4.78, 5) is 5.07. The molecule has 3 aromatic carbocycles. The third-order valence-corrected chi connectivity index (χ3v) is 7.28. The van der Waals surface area contributed by atoms with Crippen molar-refractivity contribution in [2.75, 3.05) is 12.4 Å². The second-order valence-electron chi connectivity index (χ2n) is 8.99. The Kier molecular flexibility index (Phi) is 11.7. The van der Waals surface area contributed by atoms with Gasteiger partial charge in [-0.3, -0.25) is 0 Å². The Labute approximate surface area is 228 Å². The second kappa shape index (κ2) is 15.2. The third kappa shape index (κ3) is 7.93. The molecule has 1 aromatic heterocycles. The second-order valence-corrected chi connectivity index (χ2v) is 9.88. The summed E-state index contributed by atoms with van der Waals surface area (Å²) >= 11 is 1.69. The van der Waals surface area contributed by atoms with E-state index in [0.29, 0.717) is 0 Å². The van der Waals surface area contributed by atoms with E-state index in [2.05, 4.69) is 79.1 Å². The van der Waals surface area contributed by atoms with Gasteiger partial charge in [0.25, 0.3) is 0 Å². The summed E-state index contributed by atoms with van der Waals surface area (Å²) in [5.41, 5.74) is 7.08. The molecule has 0 aliphatic rings. The number of methoxy groups -OCH3 is 1. The van der Waals surface area contributed by atoms with Gasteiger partial charge >= 0.3 is 0 Å². The van der Waals surface area contributed by atoms with Crippen molar-refractivity contribution in [2.24, 2.45) is 0 Å². The number of benzene rings is 3. The average molecular weight is 515 g/mol. The van der Waals surface area contributed by atoms with Gasteiger partial charge in [-0.1, -0.05) is 89.1 Å². The lowest BCUT2D eigenvalue weighted by Gasteiger charge is -2.19. The number of hydrogen-bond acceptors (Lipinski definition) is 4. The fourth-order valence-electron chi connectivity index (χ4n) is 4.26.